The highest BCUT2D eigenvalue weighted by Gasteiger charge is 2.26. The van der Waals surface area contributed by atoms with E-state index in [1.807, 2.05) is 60.7 Å². The Kier molecular flexibility index (Phi) is 6.32. The number of nitrogens with two attached hydrogens (primary N) is 1. The van der Waals surface area contributed by atoms with Crippen LogP contribution in [-0.4, -0.2) is 17.9 Å². The van der Waals surface area contributed by atoms with Crippen molar-refractivity contribution in [3.63, 3.8) is 0 Å². The lowest BCUT2D eigenvalue weighted by atomic mass is 9.99. The first-order valence-electron chi connectivity index (χ1n) is 11.4. The molecule has 1 saturated carbocycles. The SMILES string of the molecule is Nc1ccccc1NC(=O)/C=C/c1ccc(C=C(C(=O)NC2CC2)c2ccc3c(c2)COO3)cc1. The van der Waals surface area contributed by atoms with E-state index in [9.17, 15) is 9.59 Å². The average Bonchev–Trinajstić information content (AvgIpc) is 3.55. The van der Waals surface area contributed by atoms with Gasteiger partial charge in [0.2, 0.25) is 5.91 Å². The number of hydrogen-bond donors (Lipinski definition) is 3. The molecule has 3 aromatic carbocycles. The standard InChI is InChI=1S/C28H25N3O4/c29-24-3-1-2-4-25(24)31-27(32)14-9-18-5-7-19(8-6-18)15-23(28(33)30-22-11-12-22)20-10-13-26-21(16-20)17-34-35-26/h1-10,13-16,22H,11-12,17,29H2,(H,30,33)(H,31,32)/b14-9+,23-15?. The monoisotopic (exact) mass is 467 g/mol. The zero-order valence-corrected chi connectivity index (χ0v) is 19.0. The van der Waals surface area contributed by atoms with Crippen molar-refractivity contribution in [1.82, 2.24) is 5.32 Å². The Hall–Kier alpha value is -4.36. The molecule has 0 spiro atoms. The summed E-state index contributed by atoms with van der Waals surface area (Å²) in [5, 5.41) is 5.84. The van der Waals surface area contributed by atoms with E-state index in [0.717, 1.165) is 35.1 Å². The maximum Gasteiger partial charge on any atom is 0.252 e. The zero-order valence-electron chi connectivity index (χ0n) is 19.0. The predicted octanol–water partition coefficient (Wildman–Crippen LogP) is 4.56. The van der Waals surface area contributed by atoms with Gasteiger partial charge in [-0.15, -0.1) is 0 Å². The van der Waals surface area contributed by atoms with Crippen LogP contribution in [0.3, 0.4) is 0 Å². The minimum absolute atomic E-state index is 0.104. The first-order valence-corrected chi connectivity index (χ1v) is 11.4. The molecular formula is C28H25N3O4. The number of nitrogens with one attached hydrogen (secondary N) is 2. The van der Waals surface area contributed by atoms with Crippen LogP contribution in [0.25, 0.3) is 17.7 Å². The smallest absolute Gasteiger partial charge is 0.252 e. The Labute approximate surface area is 203 Å². The third kappa shape index (κ3) is 5.59. The number of carbonyl (C=O) groups is 2. The Morgan fingerprint density at radius 2 is 1.74 bits per heavy atom. The van der Waals surface area contributed by atoms with Crippen LogP contribution in [0.1, 0.15) is 35.1 Å². The number of hydrogen-bond acceptors (Lipinski definition) is 5. The highest BCUT2D eigenvalue weighted by atomic mass is 17.2. The zero-order chi connectivity index (χ0) is 24.2. The summed E-state index contributed by atoms with van der Waals surface area (Å²) in [5.74, 6) is 0.300. The molecule has 7 nitrogen and oxygen atoms in total. The van der Waals surface area contributed by atoms with Crippen molar-refractivity contribution < 1.29 is 19.4 Å². The molecule has 7 heteroatoms. The first-order chi connectivity index (χ1) is 17.0. The van der Waals surface area contributed by atoms with Crippen molar-refractivity contribution in [3.8, 4) is 5.75 Å². The lowest BCUT2D eigenvalue weighted by Gasteiger charge is -2.10. The number of fused-ring (bicyclic) bond motifs is 1. The van der Waals surface area contributed by atoms with E-state index >= 15 is 0 Å². The van der Waals surface area contributed by atoms with Crippen LogP contribution < -0.4 is 21.3 Å². The van der Waals surface area contributed by atoms with Gasteiger partial charge in [-0.3, -0.25) is 9.59 Å². The van der Waals surface area contributed by atoms with Gasteiger partial charge in [-0.2, -0.15) is 4.89 Å². The van der Waals surface area contributed by atoms with Gasteiger partial charge in [0.15, 0.2) is 5.75 Å². The van der Waals surface area contributed by atoms with Gasteiger partial charge in [0, 0.05) is 23.3 Å². The van der Waals surface area contributed by atoms with Crippen LogP contribution in [-0.2, 0) is 21.1 Å². The van der Waals surface area contributed by atoms with Gasteiger partial charge in [-0.25, -0.2) is 0 Å². The van der Waals surface area contributed by atoms with E-state index in [4.69, 9.17) is 15.5 Å². The van der Waals surface area contributed by atoms with Gasteiger partial charge in [0.1, 0.15) is 6.61 Å². The quantitative estimate of drug-likeness (QED) is 0.205. The molecule has 5 rings (SSSR count). The molecule has 1 heterocycles. The number of para-hydroxylation sites is 2. The van der Waals surface area contributed by atoms with E-state index in [-0.39, 0.29) is 17.9 Å². The molecule has 1 aliphatic heterocycles. The third-order valence-electron chi connectivity index (χ3n) is 5.79. The van der Waals surface area contributed by atoms with E-state index in [1.54, 1.807) is 18.2 Å². The number of nitrogen functional groups attached to an aromatic ring is 1. The highest BCUT2D eigenvalue weighted by molar-refractivity contribution is 6.24. The summed E-state index contributed by atoms with van der Waals surface area (Å²) in [7, 11) is 0. The predicted molar refractivity (Wildman–Crippen MR) is 136 cm³/mol. The fraction of sp³-hybridized carbons (Fsp3) is 0.143. The number of amides is 2. The van der Waals surface area contributed by atoms with Gasteiger partial charge in [0.05, 0.1) is 11.4 Å². The minimum Gasteiger partial charge on any atom is -0.397 e. The molecule has 2 aliphatic rings. The van der Waals surface area contributed by atoms with Gasteiger partial charge in [-0.05, 0) is 65.9 Å². The fourth-order valence-electron chi connectivity index (χ4n) is 3.70. The van der Waals surface area contributed by atoms with Crippen LogP contribution in [0, 0.1) is 0 Å². The second kappa shape index (κ2) is 9.87. The Balaban J connectivity index is 1.32. The lowest BCUT2D eigenvalue weighted by Crippen LogP contribution is -2.26. The van der Waals surface area contributed by atoms with Crippen molar-refractivity contribution in [2.45, 2.75) is 25.5 Å². The summed E-state index contributed by atoms with van der Waals surface area (Å²) in [6.07, 6.45) is 7.07. The fourth-order valence-corrected chi connectivity index (χ4v) is 3.70. The molecule has 2 amide bonds. The van der Waals surface area contributed by atoms with Crippen molar-refractivity contribution in [2.75, 3.05) is 11.1 Å². The Morgan fingerprint density at radius 3 is 2.51 bits per heavy atom. The topological polar surface area (TPSA) is 103 Å². The number of anilines is 2. The molecule has 1 aliphatic carbocycles. The molecule has 0 atom stereocenters. The van der Waals surface area contributed by atoms with Gasteiger partial charge in [0.25, 0.3) is 5.91 Å². The summed E-state index contributed by atoms with van der Waals surface area (Å²) < 4.78 is 0. The molecule has 4 N–H and O–H groups in total. The number of rotatable bonds is 7. The summed E-state index contributed by atoms with van der Waals surface area (Å²) in [5.41, 5.74) is 11.0. The minimum atomic E-state index is -0.268. The lowest BCUT2D eigenvalue weighted by molar-refractivity contribution is -0.194. The largest absolute Gasteiger partial charge is 0.397 e. The van der Waals surface area contributed by atoms with Crippen LogP contribution in [0.4, 0.5) is 11.4 Å². The summed E-state index contributed by atoms with van der Waals surface area (Å²) in [4.78, 5) is 35.4. The molecule has 0 saturated heterocycles. The summed E-state index contributed by atoms with van der Waals surface area (Å²) in [6, 6.07) is 20.6. The first kappa shape index (κ1) is 22.4. The second-order valence-electron chi connectivity index (χ2n) is 8.55. The molecular weight excluding hydrogens is 442 g/mol. The second-order valence-corrected chi connectivity index (χ2v) is 8.55. The molecule has 0 aromatic heterocycles. The van der Waals surface area contributed by atoms with E-state index < -0.39 is 0 Å². The van der Waals surface area contributed by atoms with Crippen molar-refractivity contribution in [1.29, 1.82) is 0 Å². The van der Waals surface area contributed by atoms with Gasteiger partial charge in [-0.1, -0.05) is 42.5 Å². The summed E-state index contributed by atoms with van der Waals surface area (Å²) >= 11 is 0. The average molecular weight is 468 g/mol. The van der Waals surface area contributed by atoms with Crippen LogP contribution >= 0.6 is 0 Å². The van der Waals surface area contributed by atoms with Crippen LogP contribution in [0.15, 0.2) is 72.8 Å². The maximum absolute atomic E-state index is 13.0. The molecule has 1 fully saturated rings. The Bertz CT molecular complexity index is 1320. The van der Waals surface area contributed by atoms with Crippen LogP contribution in [0.5, 0.6) is 5.75 Å². The molecule has 0 unspecified atom stereocenters. The highest BCUT2D eigenvalue weighted by Crippen LogP contribution is 2.31. The molecule has 0 bridgehead atoms. The van der Waals surface area contributed by atoms with E-state index in [2.05, 4.69) is 10.6 Å². The summed E-state index contributed by atoms with van der Waals surface area (Å²) in [6.45, 7) is 0.353. The normalized spacial score (nSPS) is 14.9. The van der Waals surface area contributed by atoms with Crippen molar-refractivity contribution in [3.05, 3.63) is 95.1 Å². The van der Waals surface area contributed by atoms with Gasteiger partial charge >= 0.3 is 0 Å². The van der Waals surface area contributed by atoms with Crippen LogP contribution in [0.2, 0.25) is 0 Å². The third-order valence-corrected chi connectivity index (χ3v) is 5.79. The molecule has 176 valence electrons. The molecule has 35 heavy (non-hydrogen) atoms. The number of carbonyl (C=O) groups excluding carboxylic acids is 2. The van der Waals surface area contributed by atoms with E-state index in [1.165, 1.54) is 6.08 Å². The van der Waals surface area contributed by atoms with E-state index in [0.29, 0.717) is 29.3 Å². The Morgan fingerprint density at radius 1 is 0.971 bits per heavy atom. The number of benzene rings is 3. The maximum atomic E-state index is 13.0. The van der Waals surface area contributed by atoms with Crippen molar-refractivity contribution >= 4 is 40.9 Å². The van der Waals surface area contributed by atoms with Crippen molar-refractivity contribution in [2.24, 2.45) is 0 Å². The van der Waals surface area contributed by atoms with Gasteiger partial charge < -0.3 is 21.3 Å². The molecule has 3 aromatic rings. The molecule has 0 radical (unpaired) electrons.